The van der Waals surface area contributed by atoms with Crippen molar-refractivity contribution < 1.29 is 14.3 Å². The molecule has 2 aliphatic rings. The van der Waals surface area contributed by atoms with Gasteiger partial charge in [-0.2, -0.15) is 0 Å². The van der Waals surface area contributed by atoms with E-state index in [1.165, 1.54) is 22.1 Å². The van der Waals surface area contributed by atoms with Gasteiger partial charge in [0.15, 0.2) is 0 Å². The van der Waals surface area contributed by atoms with Crippen LogP contribution in [0.1, 0.15) is 31.4 Å². The third-order valence-electron chi connectivity index (χ3n) is 5.76. The number of β-amino-alcohol motifs (C(OH)–C–C–N with tert-alkyl or cyclic N) is 1. The number of aliphatic hydroxyl groups excluding tert-OH is 1. The molecule has 1 saturated heterocycles. The van der Waals surface area contributed by atoms with E-state index < -0.39 is 0 Å². The van der Waals surface area contributed by atoms with E-state index in [-0.39, 0.29) is 12.0 Å². The molecule has 4 rings (SSSR count). The van der Waals surface area contributed by atoms with Gasteiger partial charge in [0.2, 0.25) is 5.91 Å². The quantitative estimate of drug-likeness (QED) is 0.751. The van der Waals surface area contributed by atoms with Gasteiger partial charge in [0.25, 0.3) is 0 Å². The molecule has 6 heteroatoms. The van der Waals surface area contributed by atoms with Crippen LogP contribution in [-0.2, 0) is 11.3 Å². The third kappa shape index (κ3) is 4.71. The molecule has 0 atom stereocenters. The maximum Gasteiger partial charge on any atom is 0.236 e. The van der Waals surface area contributed by atoms with Crippen LogP contribution in [0.4, 0.5) is 0 Å². The highest BCUT2D eigenvalue weighted by molar-refractivity contribution is 5.85. The Morgan fingerprint density at radius 1 is 1.34 bits per heavy atom. The molecule has 2 N–H and O–H groups in total. The molecule has 1 aromatic carbocycles. The van der Waals surface area contributed by atoms with E-state index in [1.54, 1.807) is 4.90 Å². The predicted octanol–water partition coefficient (Wildman–Crippen LogP) is 2.47. The van der Waals surface area contributed by atoms with Crippen molar-refractivity contribution in [2.45, 2.75) is 32.9 Å². The topological polar surface area (TPSA) is 69.0 Å². The van der Waals surface area contributed by atoms with Gasteiger partial charge in [-0.05, 0) is 42.2 Å². The summed E-state index contributed by atoms with van der Waals surface area (Å²) in [5, 5.41) is 14.0. The Morgan fingerprint density at radius 3 is 2.86 bits per heavy atom. The fraction of sp³-hybridized carbons (Fsp3) is 0.522. The fourth-order valence-electron chi connectivity index (χ4n) is 3.98. The molecule has 1 fully saturated rings. The maximum atomic E-state index is 12.2. The number of carbonyl (C=O) groups is 1. The van der Waals surface area contributed by atoms with Gasteiger partial charge < -0.3 is 19.7 Å². The highest BCUT2D eigenvalue weighted by atomic mass is 16.3. The first-order chi connectivity index (χ1) is 14.0. The lowest BCUT2D eigenvalue weighted by molar-refractivity contribution is -0.142. The lowest BCUT2D eigenvalue weighted by atomic mass is 9.97. The second-order valence-electron chi connectivity index (χ2n) is 8.66. The van der Waals surface area contributed by atoms with Crippen LogP contribution in [0.2, 0.25) is 0 Å². The van der Waals surface area contributed by atoms with E-state index in [4.69, 9.17) is 4.42 Å². The normalized spacial score (nSPS) is 18.3. The Morgan fingerprint density at radius 2 is 2.17 bits per heavy atom. The van der Waals surface area contributed by atoms with E-state index in [0.717, 1.165) is 38.2 Å². The Labute approximate surface area is 172 Å². The molecule has 2 aromatic rings. The number of likely N-dealkylation sites (tertiary alicyclic amines) is 1. The number of amides is 1. The fourth-order valence-corrected chi connectivity index (χ4v) is 3.98. The SMILES string of the molecule is CC(C)CNCc1coc2ccc(C3=CCN(CC(=O)N4CC(O)C4)CC3)cc12. The number of nitrogens with zero attached hydrogens (tertiary/aromatic N) is 2. The number of carbonyl (C=O) groups excluding carboxylic acids is 1. The summed E-state index contributed by atoms with van der Waals surface area (Å²) < 4.78 is 5.73. The van der Waals surface area contributed by atoms with Gasteiger partial charge in [-0.1, -0.05) is 26.0 Å². The van der Waals surface area contributed by atoms with Crippen LogP contribution in [0.25, 0.3) is 16.5 Å². The van der Waals surface area contributed by atoms with Gasteiger partial charge in [0.05, 0.1) is 18.9 Å². The summed E-state index contributed by atoms with van der Waals surface area (Å²) in [6.07, 6.45) is 4.69. The Bertz CT molecular complexity index is 896. The van der Waals surface area contributed by atoms with E-state index in [1.807, 2.05) is 6.26 Å². The number of hydrogen-bond donors (Lipinski definition) is 2. The first-order valence-electron chi connectivity index (χ1n) is 10.6. The number of aliphatic hydroxyl groups is 1. The third-order valence-corrected chi connectivity index (χ3v) is 5.76. The van der Waals surface area contributed by atoms with Gasteiger partial charge >= 0.3 is 0 Å². The van der Waals surface area contributed by atoms with Crippen molar-refractivity contribution in [3.8, 4) is 0 Å². The average molecular weight is 398 g/mol. The summed E-state index contributed by atoms with van der Waals surface area (Å²) in [5.41, 5.74) is 4.69. The molecule has 0 unspecified atom stereocenters. The van der Waals surface area contributed by atoms with Crippen LogP contribution < -0.4 is 5.32 Å². The van der Waals surface area contributed by atoms with Gasteiger partial charge in [0, 0.05) is 43.7 Å². The molecule has 1 amide bonds. The predicted molar refractivity (Wildman–Crippen MR) is 114 cm³/mol. The van der Waals surface area contributed by atoms with Crippen LogP contribution in [-0.4, -0.2) is 66.2 Å². The van der Waals surface area contributed by atoms with Crippen LogP contribution in [0, 0.1) is 5.92 Å². The van der Waals surface area contributed by atoms with E-state index >= 15 is 0 Å². The average Bonchev–Trinajstić information content (AvgIpc) is 3.08. The van der Waals surface area contributed by atoms with Gasteiger partial charge in [-0.3, -0.25) is 9.69 Å². The highest BCUT2D eigenvalue weighted by Crippen LogP contribution is 2.28. The van der Waals surface area contributed by atoms with Crippen molar-refractivity contribution in [3.05, 3.63) is 41.7 Å². The monoisotopic (exact) mass is 397 g/mol. The molecule has 29 heavy (non-hydrogen) atoms. The lowest BCUT2D eigenvalue weighted by Crippen LogP contribution is -2.56. The molecular weight excluding hydrogens is 366 g/mol. The minimum absolute atomic E-state index is 0.116. The summed E-state index contributed by atoms with van der Waals surface area (Å²) in [7, 11) is 0. The number of rotatable bonds is 7. The number of fused-ring (bicyclic) bond motifs is 1. The maximum absolute atomic E-state index is 12.2. The molecule has 0 radical (unpaired) electrons. The van der Waals surface area contributed by atoms with Crippen molar-refractivity contribution in [1.29, 1.82) is 0 Å². The molecule has 3 heterocycles. The van der Waals surface area contributed by atoms with E-state index in [0.29, 0.717) is 25.6 Å². The van der Waals surface area contributed by atoms with Crippen molar-refractivity contribution in [2.24, 2.45) is 5.92 Å². The van der Waals surface area contributed by atoms with Crippen molar-refractivity contribution >= 4 is 22.4 Å². The van der Waals surface area contributed by atoms with Crippen molar-refractivity contribution in [1.82, 2.24) is 15.1 Å². The minimum atomic E-state index is -0.338. The van der Waals surface area contributed by atoms with Crippen molar-refractivity contribution in [3.63, 3.8) is 0 Å². The Balaban J connectivity index is 1.39. The summed E-state index contributed by atoms with van der Waals surface area (Å²) >= 11 is 0. The van der Waals surface area contributed by atoms with Crippen LogP contribution >= 0.6 is 0 Å². The molecule has 0 bridgehead atoms. The second-order valence-corrected chi connectivity index (χ2v) is 8.66. The summed E-state index contributed by atoms with van der Waals surface area (Å²) in [6, 6.07) is 6.42. The molecule has 1 aromatic heterocycles. The van der Waals surface area contributed by atoms with Crippen molar-refractivity contribution in [2.75, 3.05) is 39.3 Å². The minimum Gasteiger partial charge on any atom is -0.464 e. The van der Waals surface area contributed by atoms with Gasteiger partial charge in [-0.15, -0.1) is 0 Å². The highest BCUT2D eigenvalue weighted by Gasteiger charge is 2.29. The molecule has 6 nitrogen and oxygen atoms in total. The van der Waals surface area contributed by atoms with Crippen LogP contribution in [0.5, 0.6) is 0 Å². The van der Waals surface area contributed by atoms with Gasteiger partial charge in [0.1, 0.15) is 5.58 Å². The zero-order valence-corrected chi connectivity index (χ0v) is 17.4. The Hall–Kier alpha value is -2.15. The molecule has 156 valence electrons. The molecule has 0 aliphatic carbocycles. The van der Waals surface area contributed by atoms with Gasteiger partial charge in [-0.25, -0.2) is 0 Å². The number of hydrogen-bond acceptors (Lipinski definition) is 5. The zero-order valence-electron chi connectivity index (χ0n) is 17.4. The summed E-state index contributed by atoms with van der Waals surface area (Å²) in [5.74, 6) is 0.739. The number of furan rings is 1. The van der Waals surface area contributed by atoms with Crippen LogP contribution in [0.3, 0.4) is 0 Å². The zero-order chi connectivity index (χ0) is 20.4. The molecule has 0 saturated carbocycles. The summed E-state index contributed by atoms with van der Waals surface area (Å²) in [6.45, 7) is 9.26. The Kier molecular flexibility index (Phi) is 6.04. The number of nitrogens with one attached hydrogen (secondary N) is 1. The first kappa shape index (κ1) is 20.1. The summed E-state index contributed by atoms with van der Waals surface area (Å²) in [4.78, 5) is 16.1. The molecular formula is C23H31N3O3. The number of benzene rings is 1. The first-order valence-corrected chi connectivity index (χ1v) is 10.6. The largest absolute Gasteiger partial charge is 0.464 e. The molecule has 0 spiro atoms. The lowest BCUT2D eigenvalue weighted by Gasteiger charge is -2.37. The van der Waals surface area contributed by atoms with Crippen LogP contribution in [0.15, 0.2) is 35.0 Å². The second kappa shape index (κ2) is 8.69. The van der Waals surface area contributed by atoms with E-state index in [2.05, 4.69) is 48.3 Å². The molecule has 2 aliphatic heterocycles. The smallest absolute Gasteiger partial charge is 0.236 e. The van der Waals surface area contributed by atoms with E-state index in [9.17, 15) is 9.90 Å². The standard InChI is InChI=1S/C23H31N3O3/c1-16(2)10-24-11-19-15-29-22-4-3-18(9-21(19)22)17-5-7-25(8-6-17)14-23(28)26-12-20(27)13-26/h3-5,9,15-16,20,24,27H,6-8,10-14H2,1-2H3.